The first kappa shape index (κ1) is 20.9. The van der Waals surface area contributed by atoms with Gasteiger partial charge in [0.05, 0.1) is 18.2 Å². The van der Waals surface area contributed by atoms with Crippen molar-refractivity contribution in [2.45, 2.75) is 20.0 Å². The highest BCUT2D eigenvalue weighted by atomic mass is 127. The van der Waals surface area contributed by atoms with Crippen LogP contribution in [0.2, 0.25) is 0 Å². The third kappa shape index (κ3) is 6.70. The molecule has 2 aromatic carbocycles. The number of halogens is 2. The van der Waals surface area contributed by atoms with Crippen LogP contribution in [-0.4, -0.2) is 24.5 Å². The topological polar surface area (TPSA) is 51.4 Å². The average Bonchev–Trinajstić information content (AvgIpc) is 2.61. The molecule has 0 aliphatic carbocycles. The number of nitriles is 1. The van der Waals surface area contributed by atoms with E-state index in [2.05, 4.69) is 16.4 Å². The molecular formula is C19H22FIN4. The Bertz CT molecular complexity index is 721. The van der Waals surface area contributed by atoms with Gasteiger partial charge in [0.2, 0.25) is 0 Å². The normalized spacial score (nSPS) is 10.6. The Morgan fingerprint density at radius 2 is 1.72 bits per heavy atom. The van der Waals surface area contributed by atoms with Gasteiger partial charge in [0.15, 0.2) is 5.96 Å². The lowest BCUT2D eigenvalue weighted by Crippen LogP contribution is -2.38. The zero-order valence-corrected chi connectivity index (χ0v) is 16.7. The average molecular weight is 452 g/mol. The number of rotatable bonds is 5. The van der Waals surface area contributed by atoms with Crippen LogP contribution in [0.5, 0.6) is 0 Å². The quantitative estimate of drug-likeness (QED) is 0.425. The number of nitrogens with zero attached hydrogens (tertiary/aromatic N) is 3. The summed E-state index contributed by atoms with van der Waals surface area (Å²) in [5.41, 5.74) is 2.70. The number of hydrogen-bond acceptors (Lipinski definition) is 2. The Labute approximate surface area is 165 Å². The Morgan fingerprint density at radius 3 is 2.28 bits per heavy atom. The van der Waals surface area contributed by atoms with Crippen LogP contribution in [-0.2, 0) is 13.1 Å². The summed E-state index contributed by atoms with van der Waals surface area (Å²) in [5.74, 6) is 0.550. The van der Waals surface area contributed by atoms with E-state index in [9.17, 15) is 4.39 Å². The van der Waals surface area contributed by atoms with E-state index in [0.29, 0.717) is 18.7 Å². The van der Waals surface area contributed by atoms with Gasteiger partial charge in [0, 0.05) is 20.1 Å². The molecule has 0 saturated carbocycles. The molecule has 0 aliphatic rings. The van der Waals surface area contributed by atoms with Crippen LogP contribution in [0.3, 0.4) is 0 Å². The lowest BCUT2D eigenvalue weighted by molar-refractivity contribution is 0.476. The fourth-order valence-corrected chi connectivity index (χ4v) is 2.26. The van der Waals surface area contributed by atoms with Crippen molar-refractivity contribution in [3.8, 4) is 6.07 Å². The van der Waals surface area contributed by atoms with Gasteiger partial charge < -0.3 is 10.2 Å². The standard InChI is InChI=1S/C19H21FN4.HI/c1-3-22-19(23-13-16-6-4-15(12-21)5-7-16)24(2)14-17-8-10-18(20)11-9-17;/h4-11H,3,13-14H2,1-2H3,(H,22,23);1H. The molecule has 0 unspecified atom stereocenters. The highest BCUT2D eigenvalue weighted by Crippen LogP contribution is 2.08. The molecule has 0 radical (unpaired) electrons. The molecule has 0 heterocycles. The first-order valence-corrected chi connectivity index (χ1v) is 7.85. The van der Waals surface area contributed by atoms with Gasteiger partial charge in [-0.25, -0.2) is 9.38 Å². The maximum Gasteiger partial charge on any atom is 0.194 e. The van der Waals surface area contributed by atoms with Gasteiger partial charge in [0.25, 0.3) is 0 Å². The van der Waals surface area contributed by atoms with Gasteiger partial charge in [-0.1, -0.05) is 24.3 Å². The van der Waals surface area contributed by atoms with Gasteiger partial charge in [-0.05, 0) is 42.3 Å². The van der Waals surface area contributed by atoms with E-state index in [-0.39, 0.29) is 29.8 Å². The minimum Gasteiger partial charge on any atom is -0.357 e. The van der Waals surface area contributed by atoms with Crippen LogP contribution < -0.4 is 5.32 Å². The van der Waals surface area contributed by atoms with Crippen LogP contribution in [0.15, 0.2) is 53.5 Å². The molecule has 2 rings (SSSR count). The second-order valence-electron chi connectivity index (χ2n) is 5.46. The molecule has 132 valence electrons. The predicted octanol–water partition coefficient (Wildman–Crippen LogP) is 3.91. The molecule has 0 amide bonds. The molecular weight excluding hydrogens is 430 g/mol. The number of aliphatic imine (C=N–C) groups is 1. The Balaban J connectivity index is 0.00000312. The lowest BCUT2D eigenvalue weighted by Gasteiger charge is -2.22. The highest BCUT2D eigenvalue weighted by molar-refractivity contribution is 14.0. The van der Waals surface area contributed by atoms with Crippen molar-refractivity contribution in [3.63, 3.8) is 0 Å². The van der Waals surface area contributed by atoms with Crippen LogP contribution in [0, 0.1) is 17.1 Å². The number of hydrogen-bond donors (Lipinski definition) is 1. The molecule has 25 heavy (non-hydrogen) atoms. The van der Waals surface area contributed by atoms with Gasteiger partial charge in [-0.3, -0.25) is 0 Å². The molecule has 6 heteroatoms. The van der Waals surface area contributed by atoms with Gasteiger partial charge in [0.1, 0.15) is 5.82 Å². The molecule has 0 saturated heterocycles. The summed E-state index contributed by atoms with van der Waals surface area (Å²) in [6.07, 6.45) is 0. The summed E-state index contributed by atoms with van der Waals surface area (Å²) in [4.78, 5) is 6.63. The van der Waals surface area contributed by atoms with E-state index in [1.165, 1.54) is 12.1 Å². The van der Waals surface area contributed by atoms with Crippen LogP contribution in [0.25, 0.3) is 0 Å². The van der Waals surface area contributed by atoms with E-state index in [1.807, 2.05) is 31.0 Å². The molecule has 0 aliphatic heterocycles. The van der Waals surface area contributed by atoms with Crippen LogP contribution in [0.4, 0.5) is 4.39 Å². The van der Waals surface area contributed by atoms with Crippen molar-refractivity contribution < 1.29 is 4.39 Å². The van der Waals surface area contributed by atoms with Crippen molar-refractivity contribution >= 4 is 29.9 Å². The minimum atomic E-state index is -0.234. The maximum atomic E-state index is 13.0. The van der Waals surface area contributed by atoms with Crippen molar-refractivity contribution in [1.82, 2.24) is 10.2 Å². The summed E-state index contributed by atoms with van der Waals surface area (Å²) in [6, 6.07) is 16.0. The summed E-state index contributed by atoms with van der Waals surface area (Å²) >= 11 is 0. The monoisotopic (exact) mass is 452 g/mol. The van der Waals surface area contributed by atoms with Crippen molar-refractivity contribution in [3.05, 3.63) is 71.0 Å². The van der Waals surface area contributed by atoms with Gasteiger partial charge in [-0.2, -0.15) is 5.26 Å². The minimum absolute atomic E-state index is 0. The largest absolute Gasteiger partial charge is 0.357 e. The zero-order chi connectivity index (χ0) is 17.4. The summed E-state index contributed by atoms with van der Waals surface area (Å²) < 4.78 is 13.0. The number of benzene rings is 2. The second kappa shape index (κ2) is 10.7. The maximum absolute atomic E-state index is 13.0. The number of nitrogens with one attached hydrogen (secondary N) is 1. The lowest BCUT2D eigenvalue weighted by atomic mass is 10.1. The first-order valence-electron chi connectivity index (χ1n) is 7.85. The van der Waals surface area contributed by atoms with E-state index in [1.54, 1.807) is 24.3 Å². The first-order chi connectivity index (χ1) is 11.6. The molecule has 2 aromatic rings. The van der Waals surface area contributed by atoms with E-state index < -0.39 is 0 Å². The molecule has 0 fully saturated rings. The smallest absolute Gasteiger partial charge is 0.194 e. The summed E-state index contributed by atoms with van der Waals surface area (Å²) in [5, 5.41) is 12.1. The van der Waals surface area contributed by atoms with E-state index in [0.717, 1.165) is 23.6 Å². The molecule has 0 spiro atoms. The van der Waals surface area contributed by atoms with E-state index >= 15 is 0 Å². The summed E-state index contributed by atoms with van der Waals surface area (Å²) in [6.45, 7) is 3.95. The van der Waals surface area contributed by atoms with Gasteiger partial charge in [-0.15, -0.1) is 24.0 Å². The van der Waals surface area contributed by atoms with Crippen molar-refractivity contribution in [2.75, 3.05) is 13.6 Å². The highest BCUT2D eigenvalue weighted by Gasteiger charge is 2.06. The molecule has 4 nitrogen and oxygen atoms in total. The zero-order valence-electron chi connectivity index (χ0n) is 14.4. The summed E-state index contributed by atoms with van der Waals surface area (Å²) in [7, 11) is 1.95. The Kier molecular flexibility index (Phi) is 8.92. The SMILES string of the molecule is CCNC(=NCc1ccc(C#N)cc1)N(C)Cc1ccc(F)cc1.I. The molecule has 1 N–H and O–H groups in total. The van der Waals surface area contributed by atoms with Crippen LogP contribution in [0.1, 0.15) is 23.6 Å². The van der Waals surface area contributed by atoms with Crippen LogP contribution >= 0.6 is 24.0 Å². The Hall–Kier alpha value is -2.14. The molecule has 0 aromatic heterocycles. The Morgan fingerprint density at radius 1 is 1.12 bits per heavy atom. The fourth-order valence-electron chi connectivity index (χ4n) is 2.26. The molecule has 0 bridgehead atoms. The third-order valence-corrected chi connectivity index (χ3v) is 3.52. The fraction of sp³-hybridized carbons (Fsp3) is 0.263. The third-order valence-electron chi connectivity index (χ3n) is 3.52. The second-order valence-corrected chi connectivity index (χ2v) is 5.46. The molecule has 0 atom stereocenters. The predicted molar refractivity (Wildman–Crippen MR) is 109 cm³/mol. The van der Waals surface area contributed by atoms with Crippen molar-refractivity contribution in [1.29, 1.82) is 5.26 Å². The van der Waals surface area contributed by atoms with Gasteiger partial charge >= 0.3 is 0 Å². The number of guanidine groups is 1. The van der Waals surface area contributed by atoms with Crippen molar-refractivity contribution in [2.24, 2.45) is 4.99 Å². The van der Waals surface area contributed by atoms with E-state index in [4.69, 9.17) is 5.26 Å².